The van der Waals surface area contributed by atoms with Crippen molar-refractivity contribution in [3.05, 3.63) is 119 Å². The number of para-hydroxylation sites is 2. The first-order chi connectivity index (χ1) is 19.4. The van der Waals surface area contributed by atoms with Gasteiger partial charge in [-0.1, -0.05) is 48.5 Å². The van der Waals surface area contributed by atoms with E-state index in [0.717, 1.165) is 0 Å². The second-order valence-electron chi connectivity index (χ2n) is 7.95. The number of methoxy groups -OCH3 is 4. The molecule has 4 rings (SSSR count). The maximum atomic E-state index is 12.4. The van der Waals surface area contributed by atoms with E-state index in [2.05, 4.69) is 0 Å². The van der Waals surface area contributed by atoms with Crippen LogP contribution in [0.3, 0.4) is 0 Å². The van der Waals surface area contributed by atoms with E-state index in [1.165, 1.54) is 28.4 Å². The van der Waals surface area contributed by atoms with Gasteiger partial charge in [0.15, 0.2) is 0 Å². The summed E-state index contributed by atoms with van der Waals surface area (Å²) in [5.41, 5.74) is 0.726. The molecular weight excluding hydrogens is 623 g/mol. The van der Waals surface area contributed by atoms with E-state index in [9.17, 15) is 20.0 Å². The molecule has 0 aliphatic carbocycles. The van der Waals surface area contributed by atoms with E-state index in [0.29, 0.717) is 33.1 Å². The molecule has 0 fully saturated rings. The Morgan fingerprint density at radius 3 is 1.00 bits per heavy atom. The van der Waals surface area contributed by atoms with Crippen molar-refractivity contribution in [2.24, 2.45) is 0 Å². The monoisotopic (exact) mass is 650 g/mol. The molecule has 0 unspecified atom stereocenters. The molecule has 11 heteroatoms. The van der Waals surface area contributed by atoms with Gasteiger partial charge in [-0.3, -0.25) is 9.59 Å². The number of ether oxygens (including phenoxy) is 4. The van der Waals surface area contributed by atoms with Gasteiger partial charge in [-0.15, -0.1) is 0 Å². The number of hydrogen-bond acceptors (Lipinski definition) is 8. The average Bonchev–Trinajstić information content (AvgIpc) is 3.03. The fraction of sp³-hybridized carbons (Fsp3) is 0.133. The van der Waals surface area contributed by atoms with Crippen molar-refractivity contribution in [1.29, 1.82) is 0 Å². The molecule has 0 aliphatic rings. The molecule has 0 saturated carbocycles. The van der Waals surface area contributed by atoms with Crippen molar-refractivity contribution in [2.75, 3.05) is 38.6 Å². The molecule has 0 saturated heterocycles. The Hall–Kier alpha value is -4.40. The Kier molecular flexibility index (Phi) is 12.8. The van der Waals surface area contributed by atoms with Crippen LogP contribution in [-0.2, 0) is 20.4 Å². The first kappa shape index (κ1) is 32.8. The summed E-state index contributed by atoms with van der Waals surface area (Å²) in [6.07, 6.45) is 0. The Bertz CT molecular complexity index is 1270. The molecule has 0 aliphatic heterocycles. The van der Waals surface area contributed by atoms with Crippen LogP contribution in [-0.4, -0.2) is 40.3 Å². The van der Waals surface area contributed by atoms with E-state index in [4.69, 9.17) is 18.9 Å². The summed E-state index contributed by atoms with van der Waals surface area (Å²) in [5, 5.41) is 24.9. The third-order valence-electron chi connectivity index (χ3n) is 5.63. The standard InChI is InChI=1S/2C15H14NO4.Pd/c2*1-19-12-9-6-10-13(20-2)14(12)15(17)16(18)11-7-4-3-5-8-11;/h2*3-10H,1-2H3;/q2*-1;+2. The van der Waals surface area contributed by atoms with Crippen LogP contribution in [0.1, 0.15) is 20.7 Å². The molecule has 0 radical (unpaired) electrons. The fourth-order valence-electron chi connectivity index (χ4n) is 3.69. The zero-order valence-corrected chi connectivity index (χ0v) is 24.3. The van der Waals surface area contributed by atoms with Crippen molar-refractivity contribution >= 4 is 23.2 Å². The van der Waals surface area contributed by atoms with Gasteiger partial charge in [-0.05, 0) is 48.5 Å². The Labute approximate surface area is 251 Å². The maximum absolute atomic E-state index is 12.4. The van der Waals surface area contributed by atoms with E-state index in [-0.39, 0.29) is 42.9 Å². The minimum Gasteiger partial charge on any atom is -0.751 e. The molecule has 2 amide bonds. The van der Waals surface area contributed by atoms with E-state index < -0.39 is 11.8 Å². The van der Waals surface area contributed by atoms with E-state index in [1.54, 1.807) is 97.1 Å². The number of hydroxylamine groups is 2. The molecule has 0 heterocycles. The summed E-state index contributed by atoms with van der Waals surface area (Å²) >= 11 is 0. The van der Waals surface area contributed by atoms with Gasteiger partial charge in [0.2, 0.25) is 0 Å². The van der Waals surface area contributed by atoms with Gasteiger partial charge in [0, 0.05) is 11.4 Å². The minimum atomic E-state index is -0.731. The number of anilines is 2. The van der Waals surface area contributed by atoms with Crippen molar-refractivity contribution in [1.82, 2.24) is 0 Å². The Balaban J connectivity index is 0.000000280. The average molecular weight is 651 g/mol. The van der Waals surface area contributed by atoms with Gasteiger partial charge >= 0.3 is 20.4 Å². The first-order valence-electron chi connectivity index (χ1n) is 11.9. The molecule has 10 nitrogen and oxygen atoms in total. The van der Waals surface area contributed by atoms with Gasteiger partial charge in [0.1, 0.15) is 34.1 Å². The van der Waals surface area contributed by atoms with Gasteiger partial charge in [-0.25, -0.2) is 0 Å². The number of carbonyl (C=O) groups is 2. The van der Waals surface area contributed by atoms with Gasteiger partial charge in [-0.2, -0.15) is 0 Å². The van der Waals surface area contributed by atoms with Crippen LogP contribution in [0, 0.1) is 10.4 Å². The van der Waals surface area contributed by atoms with Crippen LogP contribution >= 0.6 is 0 Å². The molecule has 0 spiro atoms. The quantitative estimate of drug-likeness (QED) is 0.176. The number of amides is 2. The molecular formula is C30H28N2O8Pd. The predicted octanol–water partition coefficient (Wildman–Crippen LogP) is 5.69. The van der Waals surface area contributed by atoms with Gasteiger partial charge < -0.3 is 39.5 Å². The van der Waals surface area contributed by atoms with E-state index >= 15 is 0 Å². The number of benzene rings is 4. The van der Waals surface area contributed by atoms with Gasteiger partial charge in [0.05, 0.1) is 28.4 Å². The molecule has 0 N–H and O–H groups in total. The predicted molar refractivity (Wildman–Crippen MR) is 152 cm³/mol. The maximum Gasteiger partial charge on any atom is 2.00 e. The zero-order chi connectivity index (χ0) is 29.1. The fourth-order valence-corrected chi connectivity index (χ4v) is 3.69. The smallest absolute Gasteiger partial charge is 0.751 e. The summed E-state index contributed by atoms with van der Waals surface area (Å²) in [6.45, 7) is 0. The number of carbonyl (C=O) groups excluding carboxylic acids is 2. The van der Waals surface area contributed by atoms with Crippen LogP contribution in [0.4, 0.5) is 11.4 Å². The zero-order valence-electron chi connectivity index (χ0n) is 22.7. The summed E-state index contributed by atoms with van der Waals surface area (Å²) in [4.78, 5) is 24.7. The summed E-state index contributed by atoms with van der Waals surface area (Å²) < 4.78 is 20.5. The van der Waals surface area contributed by atoms with E-state index in [1.807, 2.05) is 0 Å². The van der Waals surface area contributed by atoms with Crippen molar-refractivity contribution in [3.63, 3.8) is 0 Å². The van der Waals surface area contributed by atoms with Crippen LogP contribution in [0.5, 0.6) is 23.0 Å². The topological polar surface area (TPSA) is 124 Å². The third kappa shape index (κ3) is 7.84. The molecule has 4 aromatic rings. The Morgan fingerprint density at radius 2 is 0.756 bits per heavy atom. The summed E-state index contributed by atoms with van der Waals surface area (Å²) in [7, 11) is 5.73. The largest absolute Gasteiger partial charge is 2.00 e. The number of rotatable bonds is 8. The van der Waals surface area contributed by atoms with Crippen molar-refractivity contribution in [3.8, 4) is 23.0 Å². The SMILES string of the molecule is COc1cccc(OC)c1C(=O)N([O-])c1ccccc1.COc1cccc(OC)c1C(=O)N([O-])c1ccccc1.[Pd+2]. The molecule has 0 atom stereocenters. The summed E-state index contributed by atoms with van der Waals surface area (Å²) in [6, 6.07) is 26.3. The van der Waals surface area contributed by atoms with Crippen LogP contribution < -0.4 is 29.1 Å². The molecule has 0 bridgehead atoms. The van der Waals surface area contributed by atoms with Gasteiger partial charge in [0.25, 0.3) is 11.8 Å². The normalized spacial score (nSPS) is 9.71. The molecule has 0 aromatic heterocycles. The van der Waals surface area contributed by atoms with Crippen LogP contribution in [0.2, 0.25) is 0 Å². The number of nitrogens with zero attached hydrogens (tertiary/aromatic N) is 2. The second kappa shape index (κ2) is 16.0. The first-order valence-corrected chi connectivity index (χ1v) is 11.9. The Morgan fingerprint density at radius 1 is 0.488 bits per heavy atom. The molecule has 4 aromatic carbocycles. The minimum absolute atomic E-state index is 0. The van der Waals surface area contributed by atoms with Crippen molar-refractivity contribution < 1.29 is 49.0 Å². The molecule has 216 valence electrons. The number of hydrogen-bond donors (Lipinski definition) is 0. The van der Waals surface area contributed by atoms with Crippen LogP contribution in [0.15, 0.2) is 97.1 Å². The molecule has 41 heavy (non-hydrogen) atoms. The second-order valence-corrected chi connectivity index (χ2v) is 7.95. The van der Waals surface area contributed by atoms with Crippen molar-refractivity contribution in [2.45, 2.75) is 0 Å². The third-order valence-corrected chi connectivity index (χ3v) is 5.63. The summed E-state index contributed by atoms with van der Waals surface area (Å²) in [5.74, 6) is -0.273. The van der Waals surface area contributed by atoms with Crippen LogP contribution in [0.25, 0.3) is 0 Å².